The molecular weight excluding hydrogens is 340 g/mol. The third kappa shape index (κ3) is 4.60. The lowest BCUT2D eigenvalue weighted by molar-refractivity contribution is 0.0697. The maximum absolute atomic E-state index is 11.0. The Morgan fingerprint density at radius 3 is 2.41 bits per heavy atom. The quantitative estimate of drug-likeness (QED) is 0.640. The Morgan fingerprint density at radius 2 is 1.85 bits per heavy atom. The molecule has 0 saturated carbocycles. The monoisotopic (exact) mass is 364 g/mol. The predicted octanol–water partition coefficient (Wildman–Crippen LogP) is 3.44. The minimum atomic E-state index is -0.911. The maximum Gasteiger partial charge on any atom is 0.335 e. The van der Waals surface area contributed by atoms with Crippen LogP contribution in [0.1, 0.15) is 46.4 Å². The number of rotatable bonds is 8. The highest BCUT2D eigenvalue weighted by Crippen LogP contribution is 2.24. The van der Waals surface area contributed by atoms with Crippen molar-refractivity contribution < 1.29 is 9.90 Å². The third-order valence-corrected chi connectivity index (χ3v) is 4.73. The number of aromatic nitrogens is 3. The van der Waals surface area contributed by atoms with Crippen molar-refractivity contribution in [2.75, 3.05) is 0 Å². The van der Waals surface area contributed by atoms with Crippen LogP contribution in [0.5, 0.6) is 0 Å². The highest BCUT2D eigenvalue weighted by molar-refractivity contribution is 5.87. The molecule has 0 radical (unpaired) electrons. The molecule has 3 rings (SSSR count). The van der Waals surface area contributed by atoms with Crippen LogP contribution in [0.3, 0.4) is 0 Å². The molecule has 0 aliphatic rings. The molecule has 6 nitrogen and oxygen atoms in total. The molecule has 1 heterocycles. The topological polar surface area (TPSA) is 80.0 Å². The van der Waals surface area contributed by atoms with Crippen LogP contribution in [0.2, 0.25) is 0 Å². The number of benzene rings is 2. The van der Waals surface area contributed by atoms with Gasteiger partial charge in [-0.3, -0.25) is 0 Å². The lowest BCUT2D eigenvalue weighted by Crippen LogP contribution is -2.37. The summed E-state index contributed by atoms with van der Waals surface area (Å²) in [5.74, 6) is -0.911. The van der Waals surface area contributed by atoms with Gasteiger partial charge < -0.3 is 10.4 Å². The number of nitrogens with zero attached hydrogens (tertiary/aromatic N) is 3. The Morgan fingerprint density at radius 1 is 1.15 bits per heavy atom. The lowest BCUT2D eigenvalue weighted by Gasteiger charge is -2.28. The molecular formula is C21H24N4O2. The number of hydrogen-bond acceptors (Lipinski definition) is 4. The van der Waals surface area contributed by atoms with Gasteiger partial charge in [0.25, 0.3) is 0 Å². The molecule has 2 unspecified atom stereocenters. The van der Waals surface area contributed by atoms with Gasteiger partial charge in [0, 0.05) is 12.6 Å². The van der Waals surface area contributed by atoms with E-state index in [0.29, 0.717) is 12.1 Å². The predicted molar refractivity (Wildman–Crippen MR) is 104 cm³/mol. The van der Waals surface area contributed by atoms with Gasteiger partial charge >= 0.3 is 5.97 Å². The van der Waals surface area contributed by atoms with Gasteiger partial charge in [0.1, 0.15) is 12.7 Å². The fourth-order valence-corrected chi connectivity index (χ4v) is 3.19. The van der Waals surface area contributed by atoms with Gasteiger partial charge in [0.15, 0.2) is 0 Å². The number of carboxylic acid groups (broad SMARTS) is 1. The van der Waals surface area contributed by atoms with Crippen molar-refractivity contribution in [1.82, 2.24) is 20.1 Å². The van der Waals surface area contributed by atoms with Crippen molar-refractivity contribution in [2.24, 2.45) is 0 Å². The fraction of sp³-hybridized carbons (Fsp3) is 0.286. The van der Waals surface area contributed by atoms with E-state index in [1.807, 2.05) is 16.8 Å². The molecule has 2 N–H and O–H groups in total. The summed E-state index contributed by atoms with van der Waals surface area (Å²) < 4.78 is 1.89. The van der Waals surface area contributed by atoms with E-state index in [1.54, 1.807) is 24.8 Å². The van der Waals surface area contributed by atoms with Crippen molar-refractivity contribution in [2.45, 2.75) is 38.9 Å². The second-order valence-electron chi connectivity index (χ2n) is 6.63. The number of nitrogens with one attached hydrogen (secondary N) is 1. The van der Waals surface area contributed by atoms with Crippen LogP contribution < -0.4 is 5.32 Å². The fourth-order valence-electron chi connectivity index (χ4n) is 3.19. The van der Waals surface area contributed by atoms with Gasteiger partial charge in [-0.2, -0.15) is 5.10 Å². The standard InChI is InChI=1S/C21H24N4O2/c1-3-19(23-12-16-6-10-18(11-7-16)21(26)27)20(25-14-22-13-24-25)17-8-4-15(2)5-9-17/h4-11,13-14,19-20,23H,3,12H2,1-2H3,(H,26,27). The molecule has 0 aliphatic carbocycles. The zero-order chi connectivity index (χ0) is 19.2. The Bertz CT molecular complexity index is 858. The van der Waals surface area contributed by atoms with Crippen LogP contribution in [0.25, 0.3) is 0 Å². The van der Waals surface area contributed by atoms with Crippen LogP contribution in [0.15, 0.2) is 61.2 Å². The van der Waals surface area contributed by atoms with Crippen molar-refractivity contribution in [3.05, 3.63) is 83.4 Å². The van der Waals surface area contributed by atoms with E-state index in [9.17, 15) is 4.79 Å². The zero-order valence-electron chi connectivity index (χ0n) is 15.5. The van der Waals surface area contributed by atoms with Crippen LogP contribution >= 0.6 is 0 Å². The molecule has 2 atom stereocenters. The Kier molecular flexibility index (Phi) is 5.98. The third-order valence-electron chi connectivity index (χ3n) is 4.73. The lowest BCUT2D eigenvalue weighted by atomic mass is 9.96. The first kappa shape index (κ1) is 18.8. The second kappa shape index (κ2) is 8.60. The van der Waals surface area contributed by atoms with Gasteiger partial charge in [0.2, 0.25) is 0 Å². The summed E-state index contributed by atoms with van der Waals surface area (Å²) in [6.45, 7) is 4.86. The number of hydrogen-bond donors (Lipinski definition) is 2. The number of carbonyl (C=O) groups is 1. The number of carboxylic acids is 1. The molecule has 0 aliphatic heterocycles. The molecule has 6 heteroatoms. The largest absolute Gasteiger partial charge is 0.478 e. The van der Waals surface area contributed by atoms with E-state index in [1.165, 1.54) is 11.1 Å². The molecule has 3 aromatic rings. The van der Waals surface area contributed by atoms with Crippen LogP contribution in [-0.2, 0) is 6.54 Å². The summed E-state index contributed by atoms with van der Waals surface area (Å²) in [5.41, 5.74) is 3.73. The summed E-state index contributed by atoms with van der Waals surface area (Å²) in [6, 6.07) is 15.6. The summed E-state index contributed by atoms with van der Waals surface area (Å²) in [6.07, 6.45) is 4.21. The van der Waals surface area contributed by atoms with Gasteiger partial charge in [-0.05, 0) is 36.6 Å². The summed E-state index contributed by atoms with van der Waals surface area (Å²) >= 11 is 0. The molecule has 1 aromatic heterocycles. The van der Waals surface area contributed by atoms with Crippen LogP contribution in [0.4, 0.5) is 0 Å². The zero-order valence-corrected chi connectivity index (χ0v) is 15.5. The summed E-state index contributed by atoms with van der Waals surface area (Å²) in [5, 5.41) is 17.0. The van der Waals surface area contributed by atoms with Crippen LogP contribution in [-0.4, -0.2) is 31.9 Å². The summed E-state index contributed by atoms with van der Waals surface area (Å²) in [4.78, 5) is 15.1. The van der Waals surface area contributed by atoms with E-state index in [2.05, 4.69) is 53.5 Å². The first-order valence-corrected chi connectivity index (χ1v) is 9.04. The molecule has 27 heavy (non-hydrogen) atoms. The highest BCUT2D eigenvalue weighted by atomic mass is 16.4. The van der Waals surface area contributed by atoms with Gasteiger partial charge in [0.05, 0.1) is 11.6 Å². The molecule has 2 aromatic carbocycles. The Hall–Kier alpha value is -2.99. The average Bonchev–Trinajstić information content (AvgIpc) is 3.20. The van der Waals surface area contributed by atoms with E-state index in [0.717, 1.165) is 12.0 Å². The Balaban J connectivity index is 1.79. The van der Waals surface area contributed by atoms with E-state index in [-0.39, 0.29) is 12.1 Å². The van der Waals surface area contributed by atoms with Gasteiger partial charge in [-0.15, -0.1) is 0 Å². The molecule has 0 saturated heterocycles. The molecule has 0 amide bonds. The minimum absolute atomic E-state index is 0.0244. The maximum atomic E-state index is 11.0. The normalized spacial score (nSPS) is 13.3. The van der Waals surface area contributed by atoms with E-state index >= 15 is 0 Å². The van der Waals surface area contributed by atoms with Crippen LogP contribution in [0, 0.1) is 6.92 Å². The molecule has 0 spiro atoms. The first-order valence-electron chi connectivity index (χ1n) is 9.04. The Labute approximate surface area is 158 Å². The van der Waals surface area contributed by atoms with E-state index < -0.39 is 5.97 Å². The molecule has 0 fully saturated rings. The van der Waals surface area contributed by atoms with Gasteiger partial charge in [-0.1, -0.05) is 48.9 Å². The first-order chi connectivity index (χ1) is 13.1. The number of aryl methyl sites for hydroxylation is 1. The SMILES string of the molecule is CCC(NCc1ccc(C(=O)O)cc1)C(c1ccc(C)cc1)n1cncn1. The highest BCUT2D eigenvalue weighted by Gasteiger charge is 2.24. The second-order valence-corrected chi connectivity index (χ2v) is 6.63. The van der Waals surface area contributed by atoms with Gasteiger partial charge in [-0.25, -0.2) is 14.5 Å². The summed E-state index contributed by atoms with van der Waals surface area (Å²) in [7, 11) is 0. The number of aromatic carboxylic acids is 1. The van der Waals surface area contributed by atoms with Crippen molar-refractivity contribution in [3.63, 3.8) is 0 Å². The van der Waals surface area contributed by atoms with Crippen molar-refractivity contribution in [1.29, 1.82) is 0 Å². The van der Waals surface area contributed by atoms with E-state index in [4.69, 9.17) is 5.11 Å². The van der Waals surface area contributed by atoms with Crippen molar-refractivity contribution in [3.8, 4) is 0 Å². The smallest absolute Gasteiger partial charge is 0.335 e. The molecule has 0 bridgehead atoms. The van der Waals surface area contributed by atoms with Crippen molar-refractivity contribution >= 4 is 5.97 Å². The minimum Gasteiger partial charge on any atom is -0.478 e. The molecule has 140 valence electrons. The average molecular weight is 364 g/mol.